The molecule has 1 N–H and O–H groups in total. The molecule has 3 atom stereocenters. The minimum atomic E-state index is -4.36. The Bertz CT molecular complexity index is 1230. The van der Waals surface area contributed by atoms with E-state index in [1.165, 1.54) is 12.1 Å². The zero-order valence-electron chi connectivity index (χ0n) is 18.4. The number of rotatable bonds is 5. The van der Waals surface area contributed by atoms with Crippen LogP contribution in [0.4, 0.5) is 18.9 Å². The molecule has 0 aromatic heterocycles. The fraction of sp³-hybridized carbons (Fsp3) is 0.259. The Morgan fingerprint density at radius 3 is 2.59 bits per heavy atom. The molecule has 1 heterocycles. The molecule has 0 saturated heterocycles. The van der Waals surface area contributed by atoms with Gasteiger partial charge in [0.25, 0.3) is 0 Å². The Balaban J connectivity index is 1.46. The van der Waals surface area contributed by atoms with Gasteiger partial charge in [-0.05, 0) is 75.3 Å². The molecular weight excluding hydrogens is 507 g/mol. The van der Waals surface area contributed by atoms with Crippen molar-refractivity contribution in [2.45, 2.75) is 31.2 Å². The Morgan fingerprint density at radius 1 is 1.06 bits per heavy atom. The van der Waals surface area contributed by atoms with Gasteiger partial charge in [0.2, 0.25) is 0 Å². The van der Waals surface area contributed by atoms with Crippen molar-refractivity contribution in [2.75, 3.05) is 12.4 Å². The van der Waals surface area contributed by atoms with E-state index in [0.29, 0.717) is 23.7 Å². The first-order valence-electron chi connectivity index (χ1n) is 11.0. The smallest absolute Gasteiger partial charge is 0.416 e. The van der Waals surface area contributed by atoms with E-state index in [9.17, 15) is 13.2 Å². The summed E-state index contributed by atoms with van der Waals surface area (Å²) in [5.41, 5.74) is 2.84. The highest BCUT2D eigenvalue weighted by molar-refractivity contribution is 9.10. The summed E-state index contributed by atoms with van der Waals surface area (Å²) < 4.78 is 52.4. The predicted molar refractivity (Wildman–Crippen MR) is 129 cm³/mol. The van der Waals surface area contributed by atoms with Gasteiger partial charge in [-0.1, -0.05) is 42.5 Å². The number of nitrogens with one attached hydrogen (secondary N) is 1. The van der Waals surface area contributed by atoms with Gasteiger partial charge in [-0.3, -0.25) is 0 Å². The van der Waals surface area contributed by atoms with Crippen molar-refractivity contribution in [3.8, 4) is 11.5 Å². The summed E-state index contributed by atoms with van der Waals surface area (Å²) in [7, 11) is 1.60. The molecule has 0 unspecified atom stereocenters. The molecule has 0 saturated carbocycles. The number of benzene rings is 3. The van der Waals surface area contributed by atoms with Crippen LogP contribution in [0, 0.1) is 5.92 Å². The summed E-state index contributed by atoms with van der Waals surface area (Å²) in [5.74, 6) is 1.23. The molecule has 0 amide bonds. The van der Waals surface area contributed by atoms with Gasteiger partial charge in [0.15, 0.2) is 11.5 Å². The van der Waals surface area contributed by atoms with E-state index in [1.54, 1.807) is 7.11 Å². The van der Waals surface area contributed by atoms with Gasteiger partial charge in [-0.2, -0.15) is 13.2 Å². The van der Waals surface area contributed by atoms with Crippen LogP contribution < -0.4 is 14.8 Å². The molecule has 176 valence electrons. The van der Waals surface area contributed by atoms with Crippen molar-refractivity contribution >= 4 is 21.6 Å². The molecule has 0 fully saturated rings. The van der Waals surface area contributed by atoms with Gasteiger partial charge in [0, 0.05) is 11.6 Å². The van der Waals surface area contributed by atoms with E-state index >= 15 is 0 Å². The molecular formula is C27H23BrF3NO2. The second kappa shape index (κ2) is 9.02. The number of alkyl halides is 3. The molecule has 2 aliphatic rings. The van der Waals surface area contributed by atoms with Gasteiger partial charge >= 0.3 is 6.18 Å². The molecule has 5 rings (SSSR count). The number of allylic oxidation sites excluding steroid dienone is 2. The predicted octanol–water partition coefficient (Wildman–Crippen LogP) is 7.88. The Labute approximate surface area is 204 Å². The van der Waals surface area contributed by atoms with Gasteiger partial charge < -0.3 is 14.8 Å². The highest BCUT2D eigenvalue weighted by Gasteiger charge is 2.40. The number of methoxy groups -OCH3 is 1. The van der Waals surface area contributed by atoms with Crippen molar-refractivity contribution in [3.05, 3.63) is 99.5 Å². The lowest BCUT2D eigenvalue weighted by Crippen LogP contribution is -2.29. The summed E-state index contributed by atoms with van der Waals surface area (Å²) in [5, 5.41) is 3.49. The van der Waals surface area contributed by atoms with Crippen LogP contribution in [0.15, 0.2) is 77.3 Å². The van der Waals surface area contributed by atoms with Crippen molar-refractivity contribution in [1.82, 2.24) is 0 Å². The molecule has 0 bridgehead atoms. The second-order valence-corrected chi connectivity index (χ2v) is 9.44. The van der Waals surface area contributed by atoms with Crippen LogP contribution in [0.1, 0.15) is 40.6 Å². The number of hydrogen-bond acceptors (Lipinski definition) is 3. The fourth-order valence-corrected chi connectivity index (χ4v) is 5.46. The van der Waals surface area contributed by atoms with Crippen molar-refractivity contribution in [3.63, 3.8) is 0 Å². The topological polar surface area (TPSA) is 30.5 Å². The SMILES string of the molecule is COc1cc([C@@H]2Nc3ccc(C(F)(F)F)cc3[C@@H]3C=CC[C@H]32)cc(Br)c1OCc1ccccc1. The summed E-state index contributed by atoms with van der Waals surface area (Å²) in [6.07, 6.45) is 0.506. The normalized spacial score (nSPS) is 20.9. The summed E-state index contributed by atoms with van der Waals surface area (Å²) >= 11 is 3.64. The van der Waals surface area contributed by atoms with Crippen LogP contribution in [0.3, 0.4) is 0 Å². The van der Waals surface area contributed by atoms with Gasteiger partial charge in [-0.15, -0.1) is 0 Å². The third kappa shape index (κ3) is 4.29. The fourth-order valence-electron chi connectivity index (χ4n) is 4.89. The molecule has 3 nitrogen and oxygen atoms in total. The minimum absolute atomic E-state index is 0.0812. The third-order valence-corrected chi connectivity index (χ3v) is 7.12. The van der Waals surface area contributed by atoms with E-state index in [-0.39, 0.29) is 17.9 Å². The van der Waals surface area contributed by atoms with E-state index in [4.69, 9.17) is 9.47 Å². The Morgan fingerprint density at radius 2 is 1.85 bits per heavy atom. The number of fused-ring (bicyclic) bond motifs is 3. The van der Waals surface area contributed by atoms with Crippen molar-refractivity contribution in [2.24, 2.45) is 5.92 Å². The lowest BCUT2D eigenvalue weighted by Gasteiger charge is -2.38. The first kappa shape index (κ1) is 22.8. The lowest BCUT2D eigenvalue weighted by atomic mass is 9.76. The molecule has 1 aliphatic heterocycles. The van der Waals surface area contributed by atoms with Crippen LogP contribution in [-0.4, -0.2) is 7.11 Å². The maximum Gasteiger partial charge on any atom is 0.416 e. The third-order valence-electron chi connectivity index (χ3n) is 6.53. The summed E-state index contributed by atoms with van der Waals surface area (Å²) in [4.78, 5) is 0. The average Bonchev–Trinajstić information content (AvgIpc) is 3.32. The average molecular weight is 530 g/mol. The standard InChI is InChI=1S/C27H23BrF3NO2/c1-33-24-13-17(12-22(28)26(24)34-15-16-6-3-2-4-7-16)25-20-9-5-8-19(20)21-14-18(27(29,30)31)10-11-23(21)32-25/h2-8,10-14,19-20,25,32H,9,15H2,1H3/t19-,20-,25+/m1/s1. The molecule has 0 spiro atoms. The van der Waals surface area contributed by atoms with Gasteiger partial charge in [0.05, 0.1) is 23.2 Å². The van der Waals surface area contributed by atoms with Gasteiger partial charge in [-0.25, -0.2) is 0 Å². The summed E-state index contributed by atoms with van der Waals surface area (Å²) in [6.45, 7) is 0.403. The number of halogens is 4. The molecule has 3 aromatic rings. The zero-order valence-corrected chi connectivity index (χ0v) is 20.0. The minimum Gasteiger partial charge on any atom is -0.493 e. The molecule has 0 radical (unpaired) electrons. The van der Waals surface area contributed by atoms with E-state index in [0.717, 1.165) is 33.8 Å². The lowest BCUT2D eigenvalue weighted by molar-refractivity contribution is -0.137. The quantitative estimate of drug-likeness (QED) is 0.341. The highest BCUT2D eigenvalue weighted by atomic mass is 79.9. The van der Waals surface area contributed by atoms with Crippen molar-refractivity contribution in [1.29, 1.82) is 0 Å². The molecule has 7 heteroatoms. The molecule has 3 aromatic carbocycles. The largest absolute Gasteiger partial charge is 0.493 e. The number of ether oxygens (including phenoxy) is 2. The molecule has 34 heavy (non-hydrogen) atoms. The van der Waals surface area contributed by atoms with Crippen LogP contribution in [0.5, 0.6) is 11.5 Å². The van der Waals surface area contributed by atoms with E-state index in [1.807, 2.05) is 48.5 Å². The van der Waals surface area contributed by atoms with Crippen LogP contribution in [0.2, 0.25) is 0 Å². The second-order valence-electron chi connectivity index (χ2n) is 8.58. The first-order chi connectivity index (χ1) is 16.3. The maximum absolute atomic E-state index is 13.3. The van der Waals surface area contributed by atoms with Gasteiger partial charge in [0.1, 0.15) is 6.61 Å². The summed E-state index contributed by atoms with van der Waals surface area (Å²) in [6, 6.07) is 17.7. The molecule has 1 aliphatic carbocycles. The van der Waals surface area contributed by atoms with Crippen LogP contribution in [0.25, 0.3) is 0 Å². The Hall–Kier alpha value is -2.93. The zero-order chi connectivity index (χ0) is 23.9. The van der Waals surface area contributed by atoms with Crippen LogP contribution in [-0.2, 0) is 12.8 Å². The van der Waals surface area contributed by atoms with E-state index < -0.39 is 11.7 Å². The van der Waals surface area contributed by atoms with E-state index in [2.05, 4.69) is 27.3 Å². The first-order valence-corrected chi connectivity index (χ1v) is 11.8. The number of hydrogen-bond donors (Lipinski definition) is 1. The maximum atomic E-state index is 13.3. The Kier molecular flexibility index (Phi) is 6.06. The monoisotopic (exact) mass is 529 g/mol. The number of anilines is 1. The van der Waals surface area contributed by atoms with Crippen LogP contribution >= 0.6 is 15.9 Å². The van der Waals surface area contributed by atoms with Crippen molar-refractivity contribution < 1.29 is 22.6 Å². The highest BCUT2D eigenvalue weighted by Crippen LogP contribution is 2.52.